The molecule has 0 bridgehead atoms. The second-order valence-electron chi connectivity index (χ2n) is 5.26. The number of hydrogen-bond acceptors (Lipinski definition) is 5. The van der Waals surface area contributed by atoms with Gasteiger partial charge in [-0.3, -0.25) is 9.55 Å². The molecule has 0 fully saturated rings. The first-order valence-electron chi connectivity index (χ1n) is 7.33. The van der Waals surface area contributed by atoms with Crippen LogP contribution in [0.2, 0.25) is 0 Å². The second-order valence-corrected chi connectivity index (χ2v) is 6.76. The van der Waals surface area contributed by atoms with Gasteiger partial charge in [0, 0.05) is 6.61 Å². The summed E-state index contributed by atoms with van der Waals surface area (Å²) in [5.74, 6) is -0.637. The Labute approximate surface area is 169 Å². The van der Waals surface area contributed by atoms with E-state index in [1.807, 2.05) is 24.3 Å². The summed E-state index contributed by atoms with van der Waals surface area (Å²) in [5, 5.41) is 11.8. The van der Waals surface area contributed by atoms with Gasteiger partial charge in [-0.25, -0.2) is 0 Å². The summed E-state index contributed by atoms with van der Waals surface area (Å²) < 4.78 is 36.3. The van der Waals surface area contributed by atoms with Gasteiger partial charge in [-0.1, -0.05) is 60.7 Å². The normalized spacial score (nSPS) is 12.9. The number of hydrogen-bond donors (Lipinski definition) is 1. The summed E-state index contributed by atoms with van der Waals surface area (Å²) in [7, 11) is -4.26. The van der Waals surface area contributed by atoms with Crippen LogP contribution in [0.5, 0.6) is 0 Å². The van der Waals surface area contributed by atoms with Gasteiger partial charge in [-0.2, -0.15) is 8.42 Å². The van der Waals surface area contributed by atoms with Crippen molar-refractivity contribution in [3.8, 4) is 0 Å². The maximum Gasteiger partial charge on any atom is 1.00 e. The minimum Gasteiger partial charge on any atom is -0.596 e. The van der Waals surface area contributed by atoms with Crippen molar-refractivity contribution in [3.63, 3.8) is 0 Å². The van der Waals surface area contributed by atoms with E-state index in [1.165, 1.54) is 0 Å². The minimum atomic E-state index is -4.26. The van der Waals surface area contributed by atoms with Crippen LogP contribution in [-0.4, -0.2) is 30.8 Å². The Bertz CT molecular complexity index is 766. The van der Waals surface area contributed by atoms with Crippen molar-refractivity contribution in [2.24, 2.45) is 4.99 Å². The standard InChI is InChI=1S/C17H19NO5S.Na/c19-17(23-12-15-9-5-2-6-10-15)18-16(13-24(20,21)22)11-14-7-3-1-4-8-14;/h1-10,16H,11-13H2,(H,18,19)(H,20,21,22);/q;+1/p-1. The summed E-state index contributed by atoms with van der Waals surface area (Å²) in [4.78, 5) is 3.77. The van der Waals surface area contributed by atoms with Crippen LogP contribution in [0.15, 0.2) is 65.7 Å². The minimum absolute atomic E-state index is 0. The zero-order valence-electron chi connectivity index (χ0n) is 13.9. The van der Waals surface area contributed by atoms with Crippen LogP contribution in [0.1, 0.15) is 11.1 Å². The molecule has 2 aromatic rings. The van der Waals surface area contributed by atoms with Crippen LogP contribution >= 0.6 is 0 Å². The first kappa shape index (κ1) is 21.7. The molecule has 1 atom stereocenters. The number of rotatable bonds is 7. The van der Waals surface area contributed by atoms with E-state index in [0.717, 1.165) is 11.1 Å². The fraction of sp³-hybridized carbons (Fsp3) is 0.235. The molecule has 0 aliphatic carbocycles. The molecule has 6 nitrogen and oxygen atoms in total. The molecular weight excluding hydrogens is 353 g/mol. The van der Waals surface area contributed by atoms with Crippen LogP contribution in [0, 0.1) is 0 Å². The number of ether oxygens (including phenoxy) is 1. The summed E-state index contributed by atoms with van der Waals surface area (Å²) in [6.45, 7) is 0.0487. The van der Waals surface area contributed by atoms with Gasteiger partial charge in [0.05, 0.1) is 11.8 Å². The maximum absolute atomic E-state index is 11.8. The van der Waals surface area contributed by atoms with Crippen molar-refractivity contribution < 1.29 is 52.4 Å². The molecule has 0 amide bonds. The maximum atomic E-state index is 11.8. The summed E-state index contributed by atoms with van der Waals surface area (Å²) in [5.41, 5.74) is 1.61. The predicted molar refractivity (Wildman–Crippen MR) is 89.0 cm³/mol. The summed E-state index contributed by atoms with van der Waals surface area (Å²) in [6, 6.07) is 17.2. The molecule has 0 aliphatic heterocycles. The third-order valence-electron chi connectivity index (χ3n) is 3.21. The zero-order chi connectivity index (χ0) is 17.4. The number of nitrogens with zero attached hydrogens (tertiary/aromatic N) is 1. The van der Waals surface area contributed by atoms with Gasteiger partial charge in [0.1, 0.15) is 6.08 Å². The van der Waals surface area contributed by atoms with Crippen LogP contribution in [0.4, 0.5) is 0 Å². The SMILES string of the molecule is O=S(=O)(O)CC(Cc1ccccc1)N=C([O-])OCc1ccccc1.[Na+]. The quantitative estimate of drug-likeness (QED) is 0.274. The van der Waals surface area contributed by atoms with Gasteiger partial charge in [0.15, 0.2) is 0 Å². The molecule has 25 heavy (non-hydrogen) atoms. The Morgan fingerprint density at radius 1 is 1.04 bits per heavy atom. The molecule has 128 valence electrons. The first-order valence-corrected chi connectivity index (χ1v) is 8.94. The number of aliphatic imine (C=N–C) groups is 1. The fourth-order valence-corrected chi connectivity index (χ4v) is 2.86. The fourth-order valence-electron chi connectivity index (χ4n) is 2.18. The van der Waals surface area contributed by atoms with E-state index in [9.17, 15) is 13.5 Å². The molecule has 0 heterocycles. The van der Waals surface area contributed by atoms with E-state index < -0.39 is 28.0 Å². The van der Waals surface area contributed by atoms with Crippen LogP contribution in [-0.2, 0) is 27.9 Å². The van der Waals surface area contributed by atoms with E-state index in [0.29, 0.717) is 0 Å². The topological polar surface area (TPSA) is 99.0 Å². The Hall–Kier alpha value is -1.38. The molecule has 2 aromatic carbocycles. The van der Waals surface area contributed by atoms with Crippen molar-refractivity contribution in [1.82, 2.24) is 0 Å². The smallest absolute Gasteiger partial charge is 0.596 e. The van der Waals surface area contributed by atoms with E-state index >= 15 is 0 Å². The van der Waals surface area contributed by atoms with E-state index in [4.69, 9.17) is 9.29 Å². The molecule has 8 heteroatoms. The average Bonchev–Trinajstić information content (AvgIpc) is 2.53. The first-order chi connectivity index (χ1) is 11.4. The largest absolute Gasteiger partial charge is 1.00 e. The third-order valence-corrected chi connectivity index (χ3v) is 4.02. The second kappa shape index (κ2) is 10.6. The van der Waals surface area contributed by atoms with E-state index in [2.05, 4.69) is 4.99 Å². The van der Waals surface area contributed by atoms with Crippen molar-refractivity contribution in [1.29, 1.82) is 0 Å². The summed E-state index contributed by atoms with van der Waals surface area (Å²) >= 11 is 0. The molecule has 0 saturated carbocycles. The van der Waals surface area contributed by atoms with Gasteiger partial charge in [0.2, 0.25) is 0 Å². The Kier molecular flexibility index (Phi) is 9.16. The molecule has 0 saturated heterocycles. The molecule has 0 spiro atoms. The molecule has 0 radical (unpaired) electrons. The molecule has 0 aromatic heterocycles. The van der Waals surface area contributed by atoms with E-state index in [1.54, 1.807) is 36.4 Å². The predicted octanol–water partition coefficient (Wildman–Crippen LogP) is -1.58. The van der Waals surface area contributed by atoms with E-state index in [-0.39, 0.29) is 42.6 Å². The van der Waals surface area contributed by atoms with Crippen LogP contribution in [0.25, 0.3) is 0 Å². The summed E-state index contributed by atoms with van der Waals surface area (Å²) in [6.07, 6.45) is -0.649. The Morgan fingerprint density at radius 3 is 2.08 bits per heavy atom. The molecular formula is C17H18NNaO5S. The van der Waals surface area contributed by atoms with Crippen LogP contribution in [0.3, 0.4) is 0 Å². The zero-order valence-corrected chi connectivity index (χ0v) is 16.7. The third kappa shape index (κ3) is 9.04. The van der Waals surface area contributed by atoms with Gasteiger partial charge in [0.25, 0.3) is 10.1 Å². The van der Waals surface area contributed by atoms with Crippen LogP contribution < -0.4 is 34.7 Å². The van der Waals surface area contributed by atoms with Crippen molar-refractivity contribution >= 4 is 16.2 Å². The average molecular weight is 371 g/mol. The number of benzene rings is 2. The molecule has 1 unspecified atom stereocenters. The van der Waals surface area contributed by atoms with Crippen molar-refractivity contribution in [3.05, 3.63) is 71.8 Å². The molecule has 0 aliphatic rings. The van der Waals surface area contributed by atoms with Gasteiger partial charge >= 0.3 is 29.6 Å². The van der Waals surface area contributed by atoms with Gasteiger partial charge < -0.3 is 9.84 Å². The molecule has 2 rings (SSSR count). The molecule has 1 N–H and O–H groups in total. The van der Waals surface area contributed by atoms with Crippen molar-refractivity contribution in [2.75, 3.05) is 5.75 Å². The van der Waals surface area contributed by atoms with Gasteiger partial charge in [-0.05, 0) is 17.5 Å². The van der Waals surface area contributed by atoms with Gasteiger partial charge in [-0.15, -0.1) is 0 Å². The monoisotopic (exact) mass is 371 g/mol. The van der Waals surface area contributed by atoms with Crippen molar-refractivity contribution in [2.45, 2.75) is 19.1 Å². The Morgan fingerprint density at radius 2 is 1.56 bits per heavy atom. The Balaban J connectivity index is 0.00000312.